The van der Waals surface area contributed by atoms with Gasteiger partial charge in [0, 0.05) is 16.9 Å². The van der Waals surface area contributed by atoms with Crippen molar-refractivity contribution in [1.82, 2.24) is 20.4 Å². The minimum absolute atomic E-state index is 0. The van der Waals surface area contributed by atoms with Gasteiger partial charge in [0.1, 0.15) is 5.82 Å². The number of fused-ring (bicyclic) bond motifs is 1. The summed E-state index contributed by atoms with van der Waals surface area (Å²) in [6.45, 7) is 15.6. The molecule has 1 aromatic heterocycles. The fraction of sp³-hybridized carbons (Fsp3) is 0.161. The van der Waals surface area contributed by atoms with E-state index in [1.165, 1.54) is 71.0 Å². The van der Waals surface area contributed by atoms with Crippen molar-refractivity contribution in [3.05, 3.63) is 169 Å². The molecule has 0 radical (unpaired) electrons. The Morgan fingerprint density at radius 2 is 1.02 bits per heavy atom. The third-order valence-electron chi connectivity index (χ3n) is 12.7. The van der Waals surface area contributed by atoms with Crippen molar-refractivity contribution in [2.45, 2.75) is 59.4 Å². The average Bonchev–Trinajstić information content (AvgIpc) is 3.70. The molecule has 0 saturated carbocycles. The number of aromatic nitrogens is 4. The predicted molar refractivity (Wildman–Crippen MR) is 259 cm³/mol. The van der Waals surface area contributed by atoms with Crippen LogP contribution in [-0.4, -0.2) is 26.4 Å². The molecule has 0 saturated heterocycles. The summed E-state index contributed by atoms with van der Waals surface area (Å²) in [5.74, 6) is 2.05. The molecule has 0 N–H and O–H groups in total. The van der Waals surface area contributed by atoms with Gasteiger partial charge in [-0.1, -0.05) is 152 Å². The monoisotopic (exact) mass is 994 g/mol. The van der Waals surface area contributed by atoms with Crippen LogP contribution in [0.3, 0.4) is 0 Å². The number of hydrogen-bond acceptors (Lipinski definition) is 6. The Labute approximate surface area is 381 Å². The van der Waals surface area contributed by atoms with Gasteiger partial charge in [0.05, 0.1) is 0 Å². The second kappa shape index (κ2) is 16.0. The van der Waals surface area contributed by atoms with Crippen LogP contribution >= 0.6 is 0 Å². The summed E-state index contributed by atoms with van der Waals surface area (Å²) in [5.41, 5.74) is 8.08. The summed E-state index contributed by atoms with van der Waals surface area (Å²) in [6.07, 6.45) is 0. The van der Waals surface area contributed by atoms with Crippen LogP contribution in [0.25, 0.3) is 87.4 Å². The van der Waals surface area contributed by atoms with Crippen LogP contribution in [0.15, 0.2) is 140 Å². The molecule has 0 atom stereocenters. The van der Waals surface area contributed by atoms with Gasteiger partial charge in [0.2, 0.25) is 5.82 Å². The normalized spacial score (nSPS) is 12.8. The van der Waals surface area contributed by atoms with E-state index in [0.29, 0.717) is 29.5 Å². The van der Waals surface area contributed by atoms with Gasteiger partial charge >= 0.3 is 20.1 Å². The zero-order chi connectivity index (χ0) is 42.2. The van der Waals surface area contributed by atoms with Crippen molar-refractivity contribution >= 4 is 81.7 Å². The Hall–Kier alpha value is -6.53. The topological polar surface area (TPSA) is 58.0 Å². The smallest absolute Gasteiger partial charge is 0.499 e. The van der Waals surface area contributed by atoms with Crippen molar-refractivity contribution in [1.29, 1.82) is 0 Å². The van der Waals surface area contributed by atoms with Crippen molar-refractivity contribution < 1.29 is 20.1 Å². The van der Waals surface area contributed by atoms with Gasteiger partial charge in [-0.3, -0.25) is 0 Å². The maximum Gasteiger partial charge on any atom is 3.00 e. The Morgan fingerprint density at radius 3 is 1.62 bits per heavy atom. The zero-order valence-corrected chi connectivity index (χ0v) is 38.5. The number of hydrogen-bond donors (Lipinski definition) is 0. The van der Waals surface area contributed by atoms with E-state index in [9.17, 15) is 0 Å². The summed E-state index contributed by atoms with van der Waals surface area (Å²) in [5, 5.41) is 32.7. The van der Waals surface area contributed by atoms with E-state index in [1.807, 2.05) is 6.07 Å². The number of rotatable bonds is 6. The molecule has 12 rings (SSSR count). The standard InChI is InChI=1S/C34H17N4.C22H28N2.Ir/c1-3-19-7-9-23-13-17-27(25-15-11-21(5-1)29(19)31(23)25)33-35-37-34(38-36-33)28-18-14-24-10-8-20-4-2-6-22-12-16-26(28)32(24)30(20)22;1-15(2)18-7-10-20(11-8-18)24-14-23(17(5)6)21-12-9-19(16(3)4)13-22(21)24;/h1-17H;7-10,12-17H,1-6H3;/q-1;-2;+3. The number of nitrogens with zero attached hydrogens (tertiary/aromatic N) is 6. The van der Waals surface area contributed by atoms with E-state index < -0.39 is 0 Å². The Kier molecular flexibility index (Phi) is 10.3. The Morgan fingerprint density at radius 1 is 0.476 bits per heavy atom. The molecule has 0 amide bonds. The molecule has 0 spiro atoms. The molecular weight excluding hydrogens is 949 g/mol. The molecule has 0 aliphatic carbocycles. The van der Waals surface area contributed by atoms with Gasteiger partial charge in [-0.05, 0) is 98.0 Å². The van der Waals surface area contributed by atoms with Crippen LogP contribution < -0.4 is 9.80 Å². The third-order valence-corrected chi connectivity index (χ3v) is 12.7. The molecular formula is C56H45IrN6. The SMILES string of the molecule is CC(C)c1c[c-]c(N2[CH-]N(C(C)C)c3ccc(C(C)C)cc32)cc1.[Ir+3].[c-]1cc2ccc3cccc4ccc(c1-c1nnc(-c5ccc6ccc7cccc8ccc5c6c78)nn1)c2c34. The van der Waals surface area contributed by atoms with Crippen molar-refractivity contribution in [3.63, 3.8) is 0 Å². The second-order valence-electron chi connectivity index (χ2n) is 17.5. The van der Waals surface area contributed by atoms with Gasteiger partial charge in [-0.15, -0.1) is 34.1 Å². The van der Waals surface area contributed by atoms with Gasteiger partial charge in [-0.25, -0.2) is 0 Å². The molecule has 2 heterocycles. The maximum absolute atomic E-state index is 4.57. The van der Waals surface area contributed by atoms with Gasteiger partial charge < -0.3 is 9.80 Å². The second-order valence-corrected chi connectivity index (χ2v) is 17.5. The zero-order valence-electron chi connectivity index (χ0n) is 36.1. The van der Waals surface area contributed by atoms with Gasteiger partial charge in [0.15, 0.2) is 0 Å². The Balaban J connectivity index is 0.000000164. The molecule has 0 bridgehead atoms. The largest absolute Gasteiger partial charge is 3.00 e. The minimum Gasteiger partial charge on any atom is -0.499 e. The fourth-order valence-electron chi connectivity index (χ4n) is 9.32. The molecule has 11 aromatic rings. The van der Waals surface area contributed by atoms with Crippen LogP contribution in [-0.2, 0) is 20.1 Å². The maximum atomic E-state index is 4.57. The first-order valence-corrected chi connectivity index (χ1v) is 21.6. The summed E-state index contributed by atoms with van der Waals surface area (Å²) in [6, 6.07) is 57.0. The quantitative estimate of drug-likeness (QED) is 0.122. The van der Waals surface area contributed by atoms with Crippen LogP contribution in [0, 0.1) is 18.8 Å². The molecule has 308 valence electrons. The van der Waals surface area contributed by atoms with E-state index in [4.69, 9.17) is 0 Å². The predicted octanol–water partition coefficient (Wildman–Crippen LogP) is 14.4. The average molecular weight is 994 g/mol. The van der Waals surface area contributed by atoms with E-state index >= 15 is 0 Å². The molecule has 1 aliphatic heterocycles. The van der Waals surface area contributed by atoms with E-state index in [-0.39, 0.29) is 20.1 Å². The number of benzene rings is 10. The summed E-state index contributed by atoms with van der Waals surface area (Å²) >= 11 is 0. The number of anilines is 3. The molecule has 1 aliphatic rings. The van der Waals surface area contributed by atoms with Crippen molar-refractivity contribution in [2.24, 2.45) is 0 Å². The van der Waals surface area contributed by atoms with E-state index in [1.54, 1.807) is 0 Å². The minimum atomic E-state index is 0. The molecule has 10 aromatic carbocycles. The Bertz CT molecular complexity index is 3230. The summed E-state index contributed by atoms with van der Waals surface area (Å²) in [7, 11) is 0. The molecule has 6 nitrogen and oxygen atoms in total. The van der Waals surface area contributed by atoms with Crippen LogP contribution in [0.5, 0.6) is 0 Å². The molecule has 0 fully saturated rings. The molecule has 7 heteroatoms. The van der Waals surface area contributed by atoms with Crippen LogP contribution in [0.2, 0.25) is 0 Å². The van der Waals surface area contributed by atoms with Crippen molar-refractivity contribution in [2.75, 3.05) is 9.80 Å². The van der Waals surface area contributed by atoms with Gasteiger partial charge in [-0.2, -0.15) is 40.6 Å². The van der Waals surface area contributed by atoms with Crippen LogP contribution in [0.4, 0.5) is 17.1 Å². The van der Waals surface area contributed by atoms with Crippen LogP contribution in [0.1, 0.15) is 64.5 Å². The summed E-state index contributed by atoms with van der Waals surface area (Å²) in [4.78, 5) is 4.61. The molecule has 63 heavy (non-hydrogen) atoms. The third kappa shape index (κ3) is 6.82. The fourth-order valence-corrected chi connectivity index (χ4v) is 9.32. The van der Waals surface area contributed by atoms with E-state index in [0.717, 1.165) is 33.0 Å². The van der Waals surface area contributed by atoms with Crippen molar-refractivity contribution in [3.8, 4) is 22.8 Å². The first-order chi connectivity index (χ1) is 30.2. The first kappa shape index (κ1) is 40.5. The summed E-state index contributed by atoms with van der Waals surface area (Å²) < 4.78 is 0. The molecule has 0 unspecified atom stereocenters. The van der Waals surface area contributed by atoms with Gasteiger partial charge in [0.25, 0.3) is 0 Å². The first-order valence-electron chi connectivity index (χ1n) is 21.6. The van der Waals surface area contributed by atoms with E-state index in [2.05, 4.69) is 224 Å².